The van der Waals surface area contributed by atoms with E-state index in [1.807, 2.05) is 22.9 Å². The Kier molecular flexibility index (Phi) is 6.42. The van der Waals surface area contributed by atoms with Crippen molar-refractivity contribution in [1.82, 2.24) is 9.13 Å². The number of hydrogen-bond donors (Lipinski definition) is 1. The van der Waals surface area contributed by atoms with Crippen LogP contribution in [-0.2, 0) is 11.2 Å². The molecule has 7 heteroatoms. The van der Waals surface area contributed by atoms with E-state index in [-0.39, 0.29) is 17.0 Å². The van der Waals surface area contributed by atoms with E-state index in [0.29, 0.717) is 19.6 Å². The zero-order valence-corrected chi connectivity index (χ0v) is 21.7. The van der Waals surface area contributed by atoms with Gasteiger partial charge in [0.2, 0.25) is 0 Å². The zero-order chi connectivity index (χ0) is 26.3. The fraction of sp³-hybridized carbons (Fsp3) is 0.333. The van der Waals surface area contributed by atoms with Crippen molar-refractivity contribution in [3.05, 3.63) is 82.3 Å². The van der Waals surface area contributed by atoms with Crippen LogP contribution in [0.15, 0.2) is 65.7 Å². The summed E-state index contributed by atoms with van der Waals surface area (Å²) in [4.78, 5) is 24.6. The maximum atomic E-state index is 12.8. The van der Waals surface area contributed by atoms with Gasteiger partial charge in [-0.15, -0.1) is 0 Å². The number of benzene rings is 2. The summed E-state index contributed by atoms with van der Waals surface area (Å²) in [5.41, 5.74) is 3.74. The van der Waals surface area contributed by atoms with E-state index >= 15 is 0 Å². The van der Waals surface area contributed by atoms with Crippen molar-refractivity contribution in [1.29, 1.82) is 0 Å². The van der Waals surface area contributed by atoms with Crippen molar-refractivity contribution in [2.24, 2.45) is 5.41 Å². The molecule has 0 spiro atoms. The zero-order valence-electron chi connectivity index (χ0n) is 21.7. The van der Waals surface area contributed by atoms with E-state index in [1.54, 1.807) is 7.11 Å². The van der Waals surface area contributed by atoms with Gasteiger partial charge in [-0.1, -0.05) is 39.0 Å². The highest BCUT2D eigenvalue weighted by molar-refractivity contribution is 5.88. The van der Waals surface area contributed by atoms with Gasteiger partial charge < -0.3 is 23.7 Å². The highest BCUT2D eigenvalue weighted by Crippen LogP contribution is 2.45. The quantitative estimate of drug-likeness (QED) is 0.329. The molecule has 0 saturated carbocycles. The Labute approximate surface area is 215 Å². The van der Waals surface area contributed by atoms with Crippen molar-refractivity contribution in [3.8, 4) is 22.7 Å². The molecule has 0 aliphatic carbocycles. The van der Waals surface area contributed by atoms with Crippen molar-refractivity contribution in [3.63, 3.8) is 0 Å². The highest BCUT2D eigenvalue weighted by Gasteiger charge is 2.34. The standard InChI is InChI=1S/C30H32N2O5/c1-30(2,3)28-15-20-14-27(37-13-7-12-36-4)25(31-11-10-19-8-5-6-9-23(19)31)16-21(20)24-17-26(33)22(29(34)35)18-32(24)28/h5-6,8-11,14,16-18,28H,7,12-13,15H2,1-4H3,(H,34,35). The summed E-state index contributed by atoms with van der Waals surface area (Å²) in [6.45, 7) is 7.52. The van der Waals surface area contributed by atoms with Crippen molar-refractivity contribution in [2.45, 2.75) is 39.7 Å². The molecule has 192 valence electrons. The number of para-hydroxylation sites is 1. The number of carboxylic acid groups (broad SMARTS) is 1. The van der Waals surface area contributed by atoms with Gasteiger partial charge in [-0.2, -0.15) is 0 Å². The summed E-state index contributed by atoms with van der Waals surface area (Å²) in [5.74, 6) is -0.445. The first kappa shape index (κ1) is 24.8. The largest absolute Gasteiger partial charge is 0.491 e. The lowest BCUT2D eigenvalue weighted by Gasteiger charge is -2.39. The Morgan fingerprint density at radius 1 is 1.11 bits per heavy atom. The highest BCUT2D eigenvalue weighted by atomic mass is 16.5. The average molecular weight is 501 g/mol. The SMILES string of the molecule is COCCCOc1cc2c(cc1-n1ccc3ccccc31)-c1cc(=O)c(C(=O)O)cn1C(C(C)(C)C)C2. The molecule has 37 heavy (non-hydrogen) atoms. The van der Waals surface area contributed by atoms with Crippen LogP contribution in [0.2, 0.25) is 0 Å². The molecule has 0 amide bonds. The number of rotatable bonds is 7. The van der Waals surface area contributed by atoms with Crippen molar-refractivity contribution < 1.29 is 19.4 Å². The molecule has 0 bridgehead atoms. The van der Waals surface area contributed by atoms with Crippen LogP contribution in [0.25, 0.3) is 27.8 Å². The number of carboxylic acids is 1. The smallest absolute Gasteiger partial charge is 0.341 e. The molecule has 3 heterocycles. The molecule has 1 N–H and O–H groups in total. The topological polar surface area (TPSA) is 82.7 Å². The normalized spacial score (nSPS) is 14.9. The molecule has 1 aliphatic heterocycles. The van der Waals surface area contributed by atoms with E-state index in [9.17, 15) is 14.7 Å². The molecule has 1 atom stereocenters. The molecule has 0 saturated heterocycles. The lowest BCUT2D eigenvalue weighted by atomic mass is 9.78. The number of aromatic carboxylic acids is 1. The lowest BCUT2D eigenvalue weighted by Crippen LogP contribution is -2.33. The number of nitrogens with zero attached hydrogens (tertiary/aromatic N) is 2. The number of aromatic nitrogens is 2. The first-order valence-electron chi connectivity index (χ1n) is 12.5. The van der Waals surface area contributed by atoms with Gasteiger partial charge >= 0.3 is 5.97 Å². The van der Waals surface area contributed by atoms with Crippen molar-refractivity contribution >= 4 is 16.9 Å². The van der Waals surface area contributed by atoms with E-state index in [1.165, 1.54) is 12.3 Å². The second-order valence-corrected chi connectivity index (χ2v) is 10.7. The van der Waals surface area contributed by atoms with Gasteiger partial charge in [-0.25, -0.2) is 4.79 Å². The Morgan fingerprint density at radius 2 is 1.89 bits per heavy atom. The Morgan fingerprint density at radius 3 is 2.62 bits per heavy atom. The first-order chi connectivity index (χ1) is 17.7. The molecule has 4 aromatic rings. The molecular weight excluding hydrogens is 468 g/mol. The van der Waals surface area contributed by atoms with E-state index in [4.69, 9.17) is 9.47 Å². The summed E-state index contributed by atoms with van der Waals surface area (Å²) >= 11 is 0. The van der Waals surface area contributed by atoms with Gasteiger partial charge in [0.15, 0.2) is 5.43 Å². The molecule has 1 aliphatic rings. The molecule has 5 rings (SSSR count). The minimum atomic E-state index is -1.21. The van der Waals surface area contributed by atoms with Gasteiger partial charge in [0.1, 0.15) is 11.3 Å². The molecule has 0 radical (unpaired) electrons. The van der Waals surface area contributed by atoms with Crippen LogP contribution in [0.3, 0.4) is 0 Å². The number of methoxy groups -OCH3 is 1. The molecular formula is C30H32N2O5. The number of hydrogen-bond acceptors (Lipinski definition) is 4. The molecule has 0 fully saturated rings. The van der Waals surface area contributed by atoms with Crippen LogP contribution in [0.1, 0.15) is 49.2 Å². The van der Waals surface area contributed by atoms with Crippen LogP contribution in [0.4, 0.5) is 0 Å². The monoisotopic (exact) mass is 500 g/mol. The predicted molar refractivity (Wildman–Crippen MR) is 144 cm³/mol. The minimum absolute atomic E-state index is 0.0340. The number of ether oxygens (including phenoxy) is 2. The van der Waals surface area contributed by atoms with Crippen LogP contribution >= 0.6 is 0 Å². The third-order valence-electron chi connectivity index (χ3n) is 7.13. The molecule has 7 nitrogen and oxygen atoms in total. The lowest BCUT2D eigenvalue weighted by molar-refractivity contribution is 0.0693. The fourth-order valence-corrected chi connectivity index (χ4v) is 5.21. The van der Waals surface area contributed by atoms with Gasteiger partial charge in [0.05, 0.1) is 23.5 Å². The third-order valence-corrected chi connectivity index (χ3v) is 7.13. The van der Waals surface area contributed by atoms with Crippen LogP contribution < -0.4 is 10.2 Å². The second kappa shape index (κ2) is 9.56. The molecule has 2 aromatic heterocycles. The summed E-state index contributed by atoms with van der Waals surface area (Å²) in [6, 6.07) is 15.8. The maximum absolute atomic E-state index is 12.8. The first-order valence-corrected chi connectivity index (χ1v) is 12.5. The van der Waals surface area contributed by atoms with Gasteiger partial charge in [-0.3, -0.25) is 4.79 Å². The van der Waals surface area contributed by atoms with Gasteiger partial charge in [0.25, 0.3) is 0 Å². The second-order valence-electron chi connectivity index (χ2n) is 10.7. The van der Waals surface area contributed by atoms with Crippen LogP contribution in [-0.4, -0.2) is 40.5 Å². The molecule has 1 unspecified atom stereocenters. The molecule has 2 aromatic carbocycles. The Hall–Kier alpha value is -3.84. The summed E-state index contributed by atoms with van der Waals surface area (Å²) < 4.78 is 15.6. The van der Waals surface area contributed by atoms with E-state index in [2.05, 4.69) is 55.7 Å². The Balaban J connectivity index is 1.74. The van der Waals surface area contributed by atoms with Gasteiger partial charge in [-0.05, 0) is 47.1 Å². The summed E-state index contributed by atoms with van der Waals surface area (Å²) in [5, 5.41) is 10.7. The number of carbonyl (C=O) groups is 1. The van der Waals surface area contributed by atoms with Gasteiger partial charge in [0, 0.05) is 50.2 Å². The maximum Gasteiger partial charge on any atom is 0.341 e. The minimum Gasteiger partial charge on any atom is -0.491 e. The Bertz CT molecular complexity index is 1540. The van der Waals surface area contributed by atoms with Crippen LogP contribution in [0, 0.1) is 5.41 Å². The summed E-state index contributed by atoms with van der Waals surface area (Å²) in [7, 11) is 1.68. The predicted octanol–water partition coefficient (Wildman–Crippen LogP) is 5.72. The number of pyridine rings is 1. The van der Waals surface area contributed by atoms with E-state index in [0.717, 1.165) is 45.6 Å². The van der Waals surface area contributed by atoms with Crippen LogP contribution in [0.5, 0.6) is 5.75 Å². The summed E-state index contributed by atoms with van der Waals surface area (Å²) in [6.07, 6.45) is 4.99. The fourth-order valence-electron chi connectivity index (χ4n) is 5.21. The third kappa shape index (κ3) is 4.55. The number of fused-ring (bicyclic) bond motifs is 4. The average Bonchev–Trinajstić information content (AvgIpc) is 3.28. The van der Waals surface area contributed by atoms with E-state index < -0.39 is 11.4 Å². The van der Waals surface area contributed by atoms with Crippen molar-refractivity contribution in [2.75, 3.05) is 20.3 Å².